The number of amides is 3. The van der Waals surface area contributed by atoms with E-state index >= 15 is 0 Å². The molecule has 0 spiro atoms. The predicted octanol–water partition coefficient (Wildman–Crippen LogP) is 5.46. The first-order valence-electron chi connectivity index (χ1n) is 12.3. The van der Waals surface area contributed by atoms with Crippen LogP contribution in [0.1, 0.15) is 51.8 Å². The molecule has 0 aliphatic heterocycles. The number of alkyl carbamates (subject to hydrolysis) is 1. The molecule has 3 rings (SSSR count). The number of anilines is 1. The first-order chi connectivity index (χ1) is 17.1. The number of hydrogen-bond acceptors (Lipinski definition) is 4. The van der Waals surface area contributed by atoms with Gasteiger partial charge in [-0.2, -0.15) is 0 Å². The van der Waals surface area contributed by atoms with Crippen molar-refractivity contribution < 1.29 is 19.1 Å². The second-order valence-corrected chi connectivity index (χ2v) is 9.58. The first-order valence-corrected chi connectivity index (χ1v) is 12.3. The topological polar surface area (TPSA) is 87.7 Å². The number of ether oxygens (including phenoxy) is 1. The van der Waals surface area contributed by atoms with Gasteiger partial charge in [0.15, 0.2) is 0 Å². The standard InChI is InChI=1S/C29H35N3O4/c1-6-20-12-14-22(15-13-20)26(32(7-2)25(33)19-30-28(35)36-29(3,4)5)27(34)31-24-17-16-21-10-8-9-11-23(21)18-24/h8-18,26H,6-7,19H2,1-5H3,(H,30,35)(H,31,34). The second-order valence-electron chi connectivity index (χ2n) is 9.58. The maximum Gasteiger partial charge on any atom is 0.408 e. The van der Waals surface area contributed by atoms with Gasteiger partial charge in [-0.3, -0.25) is 9.59 Å². The van der Waals surface area contributed by atoms with Crippen molar-refractivity contribution in [3.8, 4) is 0 Å². The summed E-state index contributed by atoms with van der Waals surface area (Å²) in [5.41, 5.74) is 1.79. The minimum Gasteiger partial charge on any atom is -0.444 e. The van der Waals surface area contributed by atoms with Crippen molar-refractivity contribution in [3.63, 3.8) is 0 Å². The van der Waals surface area contributed by atoms with Crippen LogP contribution in [0.25, 0.3) is 10.8 Å². The Morgan fingerprint density at radius 3 is 2.19 bits per heavy atom. The van der Waals surface area contributed by atoms with Crippen LogP contribution < -0.4 is 10.6 Å². The van der Waals surface area contributed by atoms with Gasteiger partial charge in [0.2, 0.25) is 5.91 Å². The predicted molar refractivity (Wildman–Crippen MR) is 143 cm³/mol. The molecule has 2 N–H and O–H groups in total. The fourth-order valence-electron chi connectivity index (χ4n) is 3.95. The molecule has 0 fully saturated rings. The number of aryl methyl sites for hydroxylation is 1. The van der Waals surface area contributed by atoms with Gasteiger partial charge < -0.3 is 20.3 Å². The summed E-state index contributed by atoms with van der Waals surface area (Å²) in [6.45, 7) is 9.11. The van der Waals surface area contributed by atoms with Crippen molar-refractivity contribution in [1.29, 1.82) is 0 Å². The maximum atomic E-state index is 13.6. The minimum atomic E-state index is -0.875. The van der Waals surface area contributed by atoms with Crippen molar-refractivity contribution in [2.24, 2.45) is 0 Å². The highest BCUT2D eigenvalue weighted by molar-refractivity contribution is 6.00. The van der Waals surface area contributed by atoms with E-state index in [0.29, 0.717) is 11.3 Å². The number of nitrogens with zero attached hydrogens (tertiary/aromatic N) is 1. The van der Waals surface area contributed by atoms with E-state index in [1.54, 1.807) is 20.8 Å². The van der Waals surface area contributed by atoms with Gasteiger partial charge in [0.1, 0.15) is 18.2 Å². The van der Waals surface area contributed by atoms with E-state index in [4.69, 9.17) is 4.74 Å². The van der Waals surface area contributed by atoms with Gasteiger partial charge in [-0.15, -0.1) is 0 Å². The lowest BCUT2D eigenvalue weighted by Crippen LogP contribution is -2.46. The molecule has 1 atom stereocenters. The Kier molecular flexibility index (Phi) is 8.69. The zero-order chi connectivity index (χ0) is 26.3. The molecule has 3 aromatic carbocycles. The first kappa shape index (κ1) is 26.7. The molecular formula is C29H35N3O4. The molecule has 0 heterocycles. The van der Waals surface area contributed by atoms with Crippen molar-refractivity contribution >= 4 is 34.4 Å². The van der Waals surface area contributed by atoms with E-state index in [2.05, 4.69) is 17.6 Å². The minimum absolute atomic E-state index is 0.278. The van der Waals surface area contributed by atoms with Gasteiger partial charge in [0.05, 0.1) is 0 Å². The lowest BCUT2D eigenvalue weighted by molar-refractivity contribution is -0.138. The Labute approximate surface area is 212 Å². The molecule has 36 heavy (non-hydrogen) atoms. The fourth-order valence-corrected chi connectivity index (χ4v) is 3.95. The second kappa shape index (κ2) is 11.7. The Morgan fingerprint density at radius 1 is 0.917 bits per heavy atom. The molecule has 190 valence electrons. The zero-order valence-corrected chi connectivity index (χ0v) is 21.6. The molecule has 3 aromatic rings. The van der Waals surface area contributed by atoms with Gasteiger partial charge in [-0.25, -0.2) is 4.79 Å². The number of nitrogens with one attached hydrogen (secondary N) is 2. The maximum absolute atomic E-state index is 13.6. The molecule has 0 saturated carbocycles. The van der Waals surface area contributed by atoms with Gasteiger partial charge in [0, 0.05) is 12.2 Å². The Balaban J connectivity index is 1.85. The van der Waals surface area contributed by atoms with Gasteiger partial charge in [0.25, 0.3) is 5.91 Å². The molecule has 0 aliphatic carbocycles. The SMILES string of the molecule is CCc1ccc(C(C(=O)Nc2ccc3ccccc3c2)N(CC)C(=O)CNC(=O)OC(C)(C)C)cc1. The third-order valence-corrected chi connectivity index (χ3v) is 5.72. The van der Waals surface area contributed by atoms with E-state index in [9.17, 15) is 14.4 Å². The molecule has 0 saturated heterocycles. The Hall–Kier alpha value is -3.87. The number of fused-ring (bicyclic) bond motifs is 1. The third kappa shape index (κ3) is 7.07. The molecule has 0 radical (unpaired) electrons. The highest BCUT2D eigenvalue weighted by atomic mass is 16.6. The normalized spacial score (nSPS) is 12.0. The molecule has 3 amide bonds. The lowest BCUT2D eigenvalue weighted by Gasteiger charge is -2.31. The third-order valence-electron chi connectivity index (χ3n) is 5.72. The average Bonchev–Trinajstić information content (AvgIpc) is 2.84. The lowest BCUT2D eigenvalue weighted by atomic mass is 10.0. The highest BCUT2D eigenvalue weighted by Crippen LogP contribution is 2.25. The number of hydrogen-bond donors (Lipinski definition) is 2. The molecule has 1 unspecified atom stereocenters. The van der Waals surface area contributed by atoms with Crippen LogP contribution in [-0.4, -0.2) is 41.5 Å². The number of carbonyl (C=O) groups excluding carboxylic acids is 3. The summed E-state index contributed by atoms with van der Waals surface area (Å²) in [7, 11) is 0. The molecular weight excluding hydrogens is 454 g/mol. The summed E-state index contributed by atoms with van der Waals surface area (Å²) in [4.78, 5) is 40.4. The van der Waals surface area contributed by atoms with Gasteiger partial charge in [-0.1, -0.05) is 61.5 Å². The van der Waals surface area contributed by atoms with E-state index < -0.39 is 17.7 Å². The van der Waals surface area contributed by atoms with Crippen LogP contribution in [0, 0.1) is 0 Å². The van der Waals surface area contributed by atoms with Crippen LogP contribution in [0.3, 0.4) is 0 Å². The van der Waals surface area contributed by atoms with Crippen LogP contribution in [0.4, 0.5) is 10.5 Å². The summed E-state index contributed by atoms with van der Waals surface area (Å²) in [6.07, 6.45) is 0.182. The van der Waals surface area contributed by atoms with E-state index in [1.165, 1.54) is 4.90 Å². The van der Waals surface area contributed by atoms with Crippen LogP contribution >= 0.6 is 0 Å². The summed E-state index contributed by atoms with van der Waals surface area (Å²) in [5, 5.41) is 7.56. The average molecular weight is 490 g/mol. The summed E-state index contributed by atoms with van der Waals surface area (Å²) >= 11 is 0. The number of carbonyl (C=O) groups is 3. The van der Waals surface area contributed by atoms with Crippen LogP contribution in [-0.2, 0) is 20.7 Å². The molecule has 0 aromatic heterocycles. The monoisotopic (exact) mass is 489 g/mol. The zero-order valence-electron chi connectivity index (χ0n) is 21.6. The largest absolute Gasteiger partial charge is 0.444 e. The quantitative estimate of drug-likeness (QED) is 0.440. The summed E-state index contributed by atoms with van der Waals surface area (Å²) in [5.74, 6) is -0.719. The van der Waals surface area contributed by atoms with E-state index in [1.807, 2.05) is 73.7 Å². The highest BCUT2D eigenvalue weighted by Gasteiger charge is 2.31. The number of rotatable bonds is 8. The van der Waals surface area contributed by atoms with E-state index in [0.717, 1.165) is 22.8 Å². The molecule has 7 heteroatoms. The van der Waals surface area contributed by atoms with Crippen molar-refractivity contribution in [3.05, 3.63) is 77.9 Å². The van der Waals surface area contributed by atoms with Crippen LogP contribution in [0.5, 0.6) is 0 Å². The van der Waals surface area contributed by atoms with Crippen molar-refractivity contribution in [2.45, 2.75) is 52.7 Å². The number of likely N-dealkylation sites (N-methyl/N-ethyl adjacent to an activating group) is 1. The van der Waals surface area contributed by atoms with Crippen molar-refractivity contribution in [2.75, 3.05) is 18.4 Å². The smallest absolute Gasteiger partial charge is 0.408 e. The molecule has 7 nitrogen and oxygen atoms in total. The summed E-state index contributed by atoms with van der Waals surface area (Å²) in [6, 6.07) is 20.4. The fraction of sp³-hybridized carbons (Fsp3) is 0.345. The van der Waals surface area contributed by atoms with Gasteiger partial charge >= 0.3 is 6.09 Å². The van der Waals surface area contributed by atoms with E-state index in [-0.39, 0.29) is 24.9 Å². The Bertz CT molecular complexity index is 1220. The van der Waals surface area contributed by atoms with Crippen LogP contribution in [0.2, 0.25) is 0 Å². The molecule has 0 bridgehead atoms. The Morgan fingerprint density at radius 2 is 1.58 bits per heavy atom. The van der Waals surface area contributed by atoms with Crippen LogP contribution in [0.15, 0.2) is 66.7 Å². The number of benzene rings is 3. The molecule has 0 aliphatic rings. The van der Waals surface area contributed by atoms with Gasteiger partial charge in [-0.05, 0) is 68.1 Å². The van der Waals surface area contributed by atoms with Crippen molar-refractivity contribution in [1.82, 2.24) is 10.2 Å². The summed E-state index contributed by atoms with van der Waals surface area (Å²) < 4.78 is 5.23.